The third-order valence-electron chi connectivity index (χ3n) is 3.19. The van der Waals surface area contributed by atoms with Gasteiger partial charge in [0.25, 0.3) is 0 Å². The average Bonchev–Trinajstić information content (AvgIpc) is 3.21. The van der Waals surface area contributed by atoms with Crippen molar-refractivity contribution in [2.24, 2.45) is 0 Å². The third-order valence-corrected chi connectivity index (χ3v) is 3.19. The van der Waals surface area contributed by atoms with Crippen molar-refractivity contribution in [3.63, 3.8) is 0 Å². The maximum atomic E-state index is 12.7. The summed E-state index contributed by atoms with van der Waals surface area (Å²) in [6.07, 6.45) is 0.176. The van der Waals surface area contributed by atoms with Gasteiger partial charge in [-0.1, -0.05) is 24.3 Å². The number of aromatic amines is 1. The van der Waals surface area contributed by atoms with Crippen molar-refractivity contribution in [1.82, 2.24) is 15.4 Å². The van der Waals surface area contributed by atoms with E-state index in [4.69, 9.17) is 9.68 Å². The number of furan rings is 1. The summed E-state index contributed by atoms with van der Waals surface area (Å²) in [6, 6.07) is 8.47. The average molecular weight is 330 g/mol. The first-order chi connectivity index (χ1) is 11.5. The van der Waals surface area contributed by atoms with E-state index in [2.05, 4.69) is 15.4 Å². The lowest BCUT2D eigenvalue weighted by atomic mass is 10.1. The summed E-state index contributed by atoms with van der Waals surface area (Å²) in [5.74, 6) is 0.337. The number of halogens is 3. The second-order valence-corrected chi connectivity index (χ2v) is 4.83. The molecule has 0 saturated carbocycles. The summed E-state index contributed by atoms with van der Waals surface area (Å²) in [5, 5.41) is 18.7. The fourth-order valence-corrected chi connectivity index (χ4v) is 2.05. The maximum absolute atomic E-state index is 12.7. The van der Waals surface area contributed by atoms with Crippen LogP contribution in [0.25, 0.3) is 23.6 Å². The van der Waals surface area contributed by atoms with E-state index in [9.17, 15) is 13.2 Å². The van der Waals surface area contributed by atoms with Crippen LogP contribution in [0.3, 0.4) is 0 Å². The summed E-state index contributed by atoms with van der Waals surface area (Å²) < 4.78 is 43.4. The molecule has 0 spiro atoms. The zero-order valence-corrected chi connectivity index (χ0v) is 12.0. The van der Waals surface area contributed by atoms with Crippen molar-refractivity contribution in [2.45, 2.75) is 6.18 Å². The molecular formula is C16H9F3N4O. The Labute approximate surface area is 134 Å². The minimum atomic E-state index is -4.38. The Hall–Kier alpha value is -3.34. The monoisotopic (exact) mass is 330 g/mol. The first-order valence-corrected chi connectivity index (χ1v) is 6.72. The molecule has 120 valence electrons. The van der Waals surface area contributed by atoms with Gasteiger partial charge >= 0.3 is 6.18 Å². The molecular weight excluding hydrogens is 321 g/mol. The molecule has 1 N–H and O–H groups in total. The van der Waals surface area contributed by atoms with Crippen LogP contribution in [0, 0.1) is 11.3 Å². The van der Waals surface area contributed by atoms with E-state index < -0.39 is 11.7 Å². The summed E-state index contributed by atoms with van der Waals surface area (Å²) >= 11 is 0. The molecule has 0 saturated heterocycles. The predicted octanol–water partition coefficient (Wildman–Crippen LogP) is 4.13. The topological polar surface area (TPSA) is 78.5 Å². The number of hydrogen-bond acceptors (Lipinski definition) is 4. The normalized spacial score (nSPS) is 11.8. The van der Waals surface area contributed by atoms with Crippen LogP contribution in [0.15, 0.2) is 41.0 Å². The Balaban J connectivity index is 1.83. The SMILES string of the molecule is N#Cc1n[nH]nc1-c1cc(C=Cc2cccc(C(F)(F)F)c2)co1. The molecule has 0 radical (unpaired) electrons. The van der Waals surface area contributed by atoms with Crippen LogP contribution in [-0.2, 0) is 6.18 Å². The molecule has 24 heavy (non-hydrogen) atoms. The summed E-state index contributed by atoms with van der Waals surface area (Å²) in [7, 11) is 0. The number of alkyl halides is 3. The highest BCUT2D eigenvalue weighted by atomic mass is 19.4. The highest BCUT2D eigenvalue weighted by Crippen LogP contribution is 2.30. The molecule has 0 bridgehead atoms. The minimum Gasteiger partial charge on any atom is -0.462 e. The van der Waals surface area contributed by atoms with Crippen molar-refractivity contribution in [1.29, 1.82) is 5.26 Å². The van der Waals surface area contributed by atoms with Gasteiger partial charge in [-0.05, 0) is 23.8 Å². The zero-order chi connectivity index (χ0) is 17.2. The lowest BCUT2D eigenvalue weighted by molar-refractivity contribution is -0.137. The zero-order valence-electron chi connectivity index (χ0n) is 12.0. The van der Waals surface area contributed by atoms with Crippen LogP contribution in [0.2, 0.25) is 0 Å². The Morgan fingerprint density at radius 3 is 2.67 bits per heavy atom. The second-order valence-electron chi connectivity index (χ2n) is 4.83. The fourth-order valence-electron chi connectivity index (χ4n) is 2.05. The third kappa shape index (κ3) is 3.20. The molecule has 5 nitrogen and oxygen atoms in total. The standard InChI is InChI=1S/C16H9F3N4O/c17-16(18,19)12-3-1-2-10(6-12)4-5-11-7-14(24-9-11)15-13(8-20)21-23-22-15/h1-7,9H,(H,21,22,23). The highest BCUT2D eigenvalue weighted by molar-refractivity contribution is 5.72. The molecule has 0 aliphatic heterocycles. The number of aromatic nitrogens is 3. The molecule has 1 aromatic carbocycles. The molecule has 0 aliphatic rings. The van der Waals surface area contributed by atoms with Gasteiger partial charge in [0.2, 0.25) is 0 Å². The summed E-state index contributed by atoms with van der Waals surface area (Å²) in [6.45, 7) is 0. The highest BCUT2D eigenvalue weighted by Gasteiger charge is 2.30. The second kappa shape index (κ2) is 6.04. The van der Waals surface area contributed by atoms with Crippen LogP contribution in [0.4, 0.5) is 13.2 Å². The molecule has 0 unspecified atom stereocenters. The number of hydrogen-bond donors (Lipinski definition) is 1. The van der Waals surface area contributed by atoms with Crippen molar-refractivity contribution < 1.29 is 17.6 Å². The van der Waals surface area contributed by atoms with Gasteiger partial charge in [-0.2, -0.15) is 28.7 Å². The molecule has 0 amide bonds. The van der Waals surface area contributed by atoms with Crippen molar-refractivity contribution in [2.75, 3.05) is 0 Å². The van der Waals surface area contributed by atoms with Gasteiger partial charge in [-0.3, -0.25) is 0 Å². The van der Waals surface area contributed by atoms with E-state index in [0.717, 1.165) is 12.1 Å². The summed E-state index contributed by atoms with van der Waals surface area (Å²) in [4.78, 5) is 0. The van der Waals surface area contributed by atoms with Crippen LogP contribution in [-0.4, -0.2) is 15.4 Å². The molecule has 0 fully saturated rings. The van der Waals surface area contributed by atoms with E-state index in [-0.39, 0.29) is 11.4 Å². The Morgan fingerprint density at radius 2 is 1.92 bits per heavy atom. The number of rotatable bonds is 3. The predicted molar refractivity (Wildman–Crippen MR) is 79.2 cm³/mol. The van der Waals surface area contributed by atoms with Gasteiger partial charge in [-0.15, -0.1) is 5.10 Å². The van der Waals surface area contributed by atoms with E-state index in [1.54, 1.807) is 18.2 Å². The summed E-state index contributed by atoms with van der Waals surface area (Å²) in [5.41, 5.74) is 0.689. The fraction of sp³-hybridized carbons (Fsp3) is 0.0625. The van der Waals surface area contributed by atoms with Crippen molar-refractivity contribution in [3.05, 3.63) is 59.0 Å². The Bertz CT molecular complexity index is 931. The lowest BCUT2D eigenvalue weighted by Crippen LogP contribution is -2.04. The molecule has 2 aromatic heterocycles. The molecule has 0 aliphatic carbocycles. The van der Waals surface area contributed by atoms with Crippen LogP contribution < -0.4 is 0 Å². The van der Waals surface area contributed by atoms with Crippen LogP contribution >= 0.6 is 0 Å². The molecule has 0 atom stereocenters. The number of nitriles is 1. The number of H-pyrrole nitrogens is 1. The Morgan fingerprint density at radius 1 is 1.12 bits per heavy atom. The van der Waals surface area contributed by atoms with E-state index in [0.29, 0.717) is 16.9 Å². The molecule has 8 heteroatoms. The number of nitrogens with zero attached hydrogens (tertiary/aromatic N) is 3. The number of benzene rings is 1. The van der Waals surface area contributed by atoms with Gasteiger partial charge < -0.3 is 4.42 Å². The molecule has 3 rings (SSSR count). The first kappa shape index (κ1) is 15.6. The quantitative estimate of drug-likeness (QED) is 0.783. The smallest absolute Gasteiger partial charge is 0.416 e. The van der Waals surface area contributed by atoms with Crippen molar-refractivity contribution >= 4 is 12.2 Å². The van der Waals surface area contributed by atoms with Gasteiger partial charge in [0, 0.05) is 5.56 Å². The van der Waals surface area contributed by atoms with Gasteiger partial charge in [0.15, 0.2) is 17.1 Å². The van der Waals surface area contributed by atoms with Gasteiger partial charge in [-0.25, -0.2) is 0 Å². The largest absolute Gasteiger partial charge is 0.462 e. The first-order valence-electron chi connectivity index (χ1n) is 6.72. The lowest BCUT2D eigenvalue weighted by Gasteiger charge is -2.06. The van der Waals surface area contributed by atoms with E-state index in [1.165, 1.54) is 18.4 Å². The van der Waals surface area contributed by atoms with Crippen LogP contribution in [0.5, 0.6) is 0 Å². The number of nitrogens with one attached hydrogen (secondary N) is 1. The van der Waals surface area contributed by atoms with E-state index in [1.807, 2.05) is 6.07 Å². The van der Waals surface area contributed by atoms with Gasteiger partial charge in [0.05, 0.1) is 11.8 Å². The van der Waals surface area contributed by atoms with Crippen molar-refractivity contribution in [3.8, 4) is 17.5 Å². The van der Waals surface area contributed by atoms with Crippen LogP contribution in [0.1, 0.15) is 22.4 Å². The minimum absolute atomic E-state index is 0.0951. The maximum Gasteiger partial charge on any atom is 0.416 e. The van der Waals surface area contributed by atoms with E-state index >= 15 is 0 Å². The Kier molecular flexibility index (Phi) is 3.92. The molecule has 3 aromatic rings. The van der Waals surface area contributed by atoms with Gasteiger partial charge in [0.1, 0.15) is 6.07 Å². The molecule has 2 heterocycles.